The van der Waals surface area contributed by atoms with Crippen molar-refractivity contribution < 1.29 is 19.6 Å². The van der Waals surface area contributed by atoms with E-state index in [0.717, 1.165) is 19.9 Å². The normalized spacial score (nSPS) is 10.0. The Hall–Kier alpha value is -3.14. The van der Waals surface area contributed by atoms with Crippen molar-refractivity contribution >= 4 is 23.6 Å². The standard InChI is InChI=1S/C12H16N6O4/c1-18(8-14)11(20)9(17-22)10(19)16-12(21)15-7-5-3-2-4-6-13/h22H,2-5,7H2,1H3,(H2,15,16,19,21)/b17-9+. The smallest absolute Gasteiger partial charge is 0.321 e. The first-order valence-electron chi connectivity index (χ1n) is 6.33. The van der Waals surface area contributed by atoms with Crippen molar-refractivity contribution in [3.8, 4) is 12.3 Å². The summed E-state index contributed by atoms with van der Waals surface area (Å²) in [6, 6.07) is 1.13. The summed E-state index contributed by atoms with van der Waals surface area (Å²) < 4.78 is 0. The first-order chi connectivity index (χ1) is 10.5. The maximum Gasteiger partial charge on any atom is 0.321 e. The van der Waals surface area contributed by atoms with Crippen LogP contribution >= 0.6 is 0 Å². The molecule has 0 atom stereocenters. The van der Waals surface area contributed by atoms with Crippen LogP contribution in [-0.4, -0.2) is 47.3 Å². The molecule has 0 radical (unpaired) electrons. The Bertz CT molecular complexity index is 531. The summed E-state index contributed by atoms with van der Waals surface area (Å²) in [7, 11) is 1.07. The van der Waals surface area contributed by atoms with Gasteiger partial charge < -0.3 is 10.5 Å². The molecule has 0 saturated heterocycles. The van der Waals surface area contributed by atoms with Gasteiger partial charge in [0.1, 0.15) is 0 Å². The molecule has 118 valence electrons. The van der Waals surface area contributed by atoms with Crippen LogP contribution in [0.4, 0.5) is 4.79 Å². The monoisotopic (exact) mass is 308 g/mol. The van der Waals surface area contributed by atoms with Gasteiger partial charge in [0.05, 0.1) is 6.07 Å². The zero-order valence-electron chi connectivity index (χ0n) is 12.0. The van der Waals surface area contributed by atoms with Crippen molar-refractivity contribution in [2.75, 3.05) is 13.6 Å². The topological polar surface area (TPSA) is 159 Å². The van der Waals surface area contributed by atoms with Crippen molar-refractivity contribution in [1.82, 2.24) is 15.5 Å². The van der Waals surface area contributed by atoms with Crippen LogP contribution in [0.25, 0.3) is 0 Å². The van der Waals surface area contributed by atoms with Gasteiger partial charge in [-0.05, 0) is 12.8 Å². The molecule has 0 heterocycles. The van der Waals surface area contributed by atoms with E-state index in [1.807, 2.05) is 6.07 Å². The highest BCUT2D eigenvalue weighted by molar-refractivity contribution is 6.65. The minimum Gasteiger partial charge on any atom is -0.410 e. The van der Waals surface area contributed by atoms with E-state index in [1.54, 1.807) is 5.32 Å². The molecule has 4 amide bonds. The molecule has 0 aromatic carbocycles. The van der Waals surface area contributed by atoms with Crippen molar-refractivity contribution in [3.05, 3.63) is 0 Å². The maximum atomic E-state index is 11.6. The lowest BCUT2D eigenvalue weighted by molar-refractivity contribution is -0.122. The van der Waals surface area contributed by atoms with Gasteiger partial charge in [0.2, 0.25) is 5.71 Å². The van der Waals surface area contributed by atoms with Crippen LogP contribution in [0.1, 0.15) is 25.7 Å². The highest BCUT2D eigenvalue weighted by Gasteiger charge is 2.26. The zero-order chi connectivity index (χ0) is 17.0. The van der Waals surface area contributed by atoms with Crippen LogP contribution in [-0.2, 0) is 9.59 Å². The second kappa shape index (κ2) is 10.6. The summed E-state index contributed by atoms with van der Waals surface area (Å²) in [6.45, 7) is 0.280. The van der Waals surface area contributed by atoms with Crippen LogP contribution < -0.4 is 10.6 Å². The number of hydrogen-bond acceptors (Lipinski definition) is 7. The molecule has 10 heteroatoms. The van der Waals surface area contributed by atoms with E-state index in [0.29, 0.717) is 17.7 Å². The molecule has 0 aliphatic carbocycles. The predicted octanol–water partition coefficient (Wildman–Crippen LogP) is -0.334. The van der Waals surface area contributed by atoms with Crippen LogP contribution in [0.2, 0.25) is 0 Å². The molecule has 0 aromatic heterocycles. The Morgan fingerprint density at radius 1 is 1.23 bits per heavy atom. The first kappa shape index (κ1) is 18.9. The van der Waals surface area contributed by atoms with Gasteiger partial charge in [-0.3, -0.25) is 14.9 Å². The van der Waals surface area contributed by atoms with Crippen molar-refractivity contribution in [2.24, 2.45) is 5.16 Å². The zero-order valence-corrected chi connectivity index (χ0v) is 12.0. The lowest BCUT2D eigenvalue weighted by atomic mass is 10.2. The molecular weight excluding hydrogens is 292 g/mol. The average molecular weight is 308 g/mol. The van der Waals surface area contributed by atoms with Crippen molar-refractivity contribution in [2.45, 2.75) is 25.7 Å². The molecular formula is C12H16N6O4. The van der Waals surface area contributed by atoms with Gasteiger partial charge >= 0.3 is 6.03 Å². The highest BCUT2D eigenvalue weighted by atomic mass is 16.4. The second-order valence-electron chi connectivity index (χ2n) is 4.09. The molecule has 0 spiro atoms. The molecule has 0 saturated carbocycles. The van der Waals surface area contributed by atoms with Gasteiger partial charge in [-0.1, -0.05) is 11.6 Å². The van der Waals surface area contributed by atoms with Crippen LogP contribution in [0.5, 0.6) is 0 Å². The van der Waals surface area contributed by atoms with Gasteiger partial charge in [-0.2, -0.15) is 10.5 Å². The lowest BCUT2D eigenvalue weighted by Gasteiger charge is -2.09. The van der Waals surface area contributed by atoms with E-state index in [-0.39, 0.29) is 6.54 Å². The third-order valence-electron chi connectivity index (χ3n) is 2.45. The fraction of sp³-hybridized carbons (Fsp3) is 0.500. The molecule has 0 unspecified atom stereocenters. The molecule has 0 aliphatic heterocycles. The molecule has 22 heavy (non-hydrogen) atoms. The summed E-state index contributed by atoms with van der Waals surface area (Å²) in [5, 5.41) is 32.1. The van der Waals surface area contributed by atoms with E-state index in [2.05, 4.69) is 10.5 Å². The van der Waals surface area contributed by atoms with Crippen molar-refractivity contribution in [1.29, 1.82) is 10.5 Å². The second-order valence-corrected chi connectivity index (χ2v) is 4.09. The quantitative estimate of drug-likeness (QED) is 0.111. The molecule has 0 bridgehead atoms. The molecule has 10 nitrogen and oxygen atoms in total. The van der Waals surface area contributed by atoms with Gasteiger partial charge in [0.15, 0.2) is 6.19 Å². The summed E-state index contributed by atoms with van der Waals surface area (Å²) in [6.07, 6.45) is 3.96. The Balaban J connectivity index is 4.24. The number of rotatable bonds is 7. The number of amides is 4. The minimum atomic E-state index is -1.23. The number of nitrogens with one attached hydrogen (secondary N) is 2. The molecule has 3 N–H and O–H groups in total. The molecule has 0 aliphatic rings. The number of hydrogen-bond donors (Lipinski definition) is 3. The molecule has 0 fully saturated rings. The van der Waals surface area contributed by atoms with E-state index < -0.39 is 23.6 Å². The summed E-state index contributed by atoms with van der Waals surface area (Å²) in [5.74, 6) is -2.37. The van der Waals surface area contributed by atoms with Crippen LogP contribution in [0.3, 0.4) is 0 Å². The predicted molar refractivity (Wildman–Crippen MR) is 73.2 cm³/mol. The number of carbonyl (C=O) groups is 3. The fourth-order valence-electron chi connectivity index (χ4n) is 1.30. The van der Waals surface area contributed by atoms with Crippen molar-refractivity contribution in [3.63, 3.8) is 0 Å². The number of imide groups is 1. The Morgan fingerprint density at radius 2 is 1.91 bits per heavy atom. The Morgan fingerprint density at radius 3 is 2.45 bits per heavy atom. The number of oxime groups is 1. The third kappa shape index (κ3) is 6.86. The van der Waals surface area contributed by atoms with Crippen LogP contribution in [0, 0.1) is 22.8 Å². The summed E-state index contributed by atoms with van der Waals surface area (Å²) in [4.78, 5) is 34.9. The van der Waals surface area contributed by atoms with E-state index in [1.165, 1.54) is 6.19 Å². The SMILES string of the molecule is CN(C#N)C(=O)/C(=N/O)C(=O)NC(=O)NCCCCCC#N. The maximum absolute atomic E-state index is 11.6. The Labute approximate surface area is 127 Å². The molecule has 0 aromatic rings. The largest absolute Gasteiger partial charge is 0.410 e. The fourth-order valence-corrected chi connectivity index (χ4v) is 1.30. The minimum absolute atomic E-state index is 0.280. The highest BCUT2D eigenvalue weighted by Crippen LogP contribution is 1.97. The lowest BCUT2D eigenvalue weighted by Crippen LogP contribution is -2.47. The number of urea groups is 1. The van der Waals surface area contributed by atoms with Crippen LogP contribution in [0.15, 0.2) is 5.16 Å². The number of carbonyl (C=O) groups excluding carboxylic acids is 3. The van der Waals surface area contributed by atoms with E-state index in [4.69, 9.17) is 15.7 Å². The van der Waals surface area contributed by atoms with E-state index in [9.17, 15) is 14.4 Å². The van der Waals surface area contributed by atoms with Gasteiger partial charge in [0.25, 0.3) is 11.8 Å². The summed E-state index contributed by atoms with van der Waals surface area (Å²) >= 11 is 0. The number of unbranched alkanes of at least 4 members (excludes halogenated alkanes) is 3. The third-order valence-corrected chi connectivity index (χ3v) is 2.45. The van der Waals surface area contributed by atoms with Gasteiger partial charge in [0, 0.05) is 20.0 Å². The van der Waals surface area contributed by atoms with Gasteiger partial charge in [-0.25, -0.2) is 9.69 Å². The Kier molecular flexibility index (Phi) is 9.11. The van der Waals surface area contributed by atoms with Gasteiger partial charge in [-0.15, -0.1) is 0 Å². The average Bonchev–Trinajstić information content (AvgIpc) is 2.50. The van der Waals surface area contributed by atoms with E-state index >= 15 is 0 Å². The summed E-state index contributed by atoms with van der Waals surface area (Å²) in [5.41, 5.74) is -0.978. The molecule has 0 rings (SSSR count). The number of nitriles is 2. The number of nitrogens with zero attached hydrogens (tertiary/aromatic N) is 4. The first-order valence-corrected chi connectivity index (χ1v) is 6.33.